The van der Waals surface area contributed by atoms with E-state index in [2.05, 4.69) is 34.2 Å². The van der Waals surface area contributed by atoms with Gasteiger partial charge in [0.2, 0.25) is 5.91 Å². The molecule has 1 aliphatic heterocycles. The van der Waals surface area contributed by atoms with Crippen molar-refractivity contribution in [2.24, 2.45) is 12.0 Å². The Morgan fingerprint density at radius 2 is 2.00 bits per heavy atom. The molecule has 1 saturated heterocycles. The Kier molecular flexibility index (Phi) is 8.57. The maximum atomic E-state index is 12.6. The molecule has 0 atom stereocenters. The highest BCUT2D eigenvalue weighted by molar-refractivity contribution is 5.98. The summed E-state index contributed by atoms with van der Waals surface area (Å²) in [6.07, 6.45) is 7.07. The van der Waals surface area contributed by atoms with Gasteiger partial charge in [0, 0.05) is 39.9 Å². The number of piperazine rings is 1. The first kappa shape index (κ1) is 21.2. The van der Waals surface area contributed by atoms with Crippen molar-refractivity contribution in [3.8, 4) is 0 Å². The second-order valence-electron chi connectivity index (χ2n) is 7.01. The van der Waals surface area contributed by atoms with Crippen LogP contribution in [-0.2, 0) is 11.8 Å². The minimum absolute atomic E-state index is 0.0780. The SMILES string of the molecule is CCCN(CCC)CCCNC(=NC)N1CCN(c2cnn(C)c2)C(=O)C1. The molecule has 0 radical (unpaired) electrons. The minimum atomic E-state index is 0.0780. The summed E-state index contributed by atoms with van der Waals surface area (Å²) in [4.78, 5) is 23.3. The number of aryl methyl sites for hydroxylation is 1. The van der Waals surface area contributed by atoms with Gasteiger partial charge in [-0.25, -0.2) is 0 Å². The van der Waals surface area contributed by atoms with Crippen LogP contribution in [0.4, 0.5) is 5.69 Å². The molecule has 0 aromatic carbocycles. The standard InChI is InChI=1S/C19H35N7O/c1-5-9-24(10-6-2)11-7-8-21-19(20-3)25-12-13-26(18(27)16-25)17-14-22-23(4)15-17/h14-15H,5-13,16H2,1-4H3,(H,20,21). The summed E-state index contributed by atoms with van der Waals surface area (Å²) in [7, 11) is 3.64. The Hall–Kier alpha value is -2.09. The number of nitrogens with one attached hydrogen (secondary N) is 1. The molecule has 1 aliphatic rings. The van der Waals surface area contributed by atoms with Gasteiger partial charge in [-0.2, -0.15) is 5.10 Å². The van der Waals surface area contributed by atoms with E-state index >= 15 is 0 Å². The molecule has 27 heavy (non-hydrogen) atoms. The molecule has 8 heteroatoms. The predicted octanol–water partition coefficient (Wildman–Crippen LogP) is 1.16. The molecule has 2 heterocycles. The second kappa shape index (κ2) is 10.9. The van der Waals surface area contributed by atoms with Gasteiger partial charge in [0.1, 0.15) is 6.54 Å². The van der Waals surface area contributed by atoms with Gasteiger partial charge in [0.05, 0.1) is 11.9 Å². The molecular weight excluding hydrogens is 342 g/mol. The second-order valence-corrected chi connectivity index (χ2v) is 7.01. The van der Waals surface area contributed by atoms with E-state index < -0.39 is 0 Å². The quantitative estimate of drug-likeness (QED) is 0.397. The molecule has 0 bridgehead atoms. The number of aliphatic imine (C=N–C) groups is 1. The van der Waals surface area contributed by atoms with Crippen molar-refractivity contribution in [2.75, 3.05) is 57.8 Å². The maximum Gasteiger partial charge on any atom is 0.246 e. The number of hydrogen-bond donors (Lipinski definition) is 1. The third kappa shape index (κ3) is 6.23. The summed E-state index contributed by atoms with van der Waals surface area (Å²) in [5.74, 6) is 0.890. The van der Waals surface area contributed by atoms with Crippen LogP contribution >= 0.6 is 0 Å². The van der Waals surface area contributed by atoms with E-state index in [1.807, 2.05) is 18.1 Å². The Morgan fingerprint density at radius 3 is 2.56 bits per heavy atom. The van der Waals surface area contributed by atoms with Crippen molar-refractivity contribution >= 4 is 17.6 Å². The van der Waals surface area contributed by atoms with Crippen LogP contribution in [0.25, 0.3) is 0 Å². The number of rotatable bonds is 9. The fourth-order valence-corrected chi connectivity index (χ4v) is 3.48. The zero-order chi connectivity index (χ0) is 19.6. The topological polar surface area (TPSA) is 69.0 Å². The fourth-order valence-electron chi connectivity index (χ4n) is 3.48. The first-order chi connectivity index (χ1) is 13.1. The molecule has 1 amide bonds. The molecular formula is C19H35N7O. The molecule has 1 aromatic heterocycles. The summed E-state index contributed by atoms with van der Waals surface area (Å²) < 4.78 is 1.72. The van der Waals surface area contributed by atoms with E-state index in [-0.39, 0.29) is 5.91 Å². The van der Waals surface area contributed by atoms with Gasteiger partial charge >= 0.3 is 0 Å². The number of anilines is 1. The average molecular weight is 378 g/mol. The molecule has 0 unspecified atom stereocenters. The third-order valence-corrected chi connectivity index (χ3v) is 4.75. The monoisotopic (exact) mass is 377 g/mol. The van der Waals surface area contributed by atoms with Crippen molar-refractivity contribution in [3.05, 3.63) is 12.4 Å². The summed E-state index contributed by atoms with van der Waals surface area (Å²) in [6, 6.07) is 0. The third-order valence-electron chi connectivity index (χ3n) is 4.75. The van der Waals surface area contributed by atoms with Crippen molar-refractivity contribution in [1.29, 1.82) is 0 Å². The van der Waals surface area contributed by atoms with E-state index in [0.717, 1.165) is 50.8 Å². The van der Waals surface area contributed by atoms with E-state index in [0.29, 0.717) is 13.1 Å². The predicted molar refractivity (Wildman–Crippen MR) is 110 cm³/mol. The van der Waals surface area contributed by atoms with Gasteiger partial charge in [0.15, 0.2) is 5.96 Å². The summed E-state index contributed by atoms with van der Waals surface area (Å²) in [6.45, 7) is 10.5. The molecule has 0 spiro atoms. The van der Waals surface area contributed by atoms with Gasteiger partial charge < -0.3 is 20.0 Å². The van der Waals surface area contributed by atoms with Crippen LogP contribution in [0, 0.1) is 0 Å². The van der Waals surface area contributed by atoms with Crippen LogP contribution in [0.3, 0.4) is 0 Å². The van der Waals surface area contributed by atoms with Crippen LogP contribution in [0.5, 0.6) is 0 Å². The van der Waals surface area contributed by atoms with Crippen LogP contribution in [0.2, 0.25) is 0 Å². The van der Waals surface area contributed by atoms with Gasteiger partial charge in [-0.1, -0.05) is 13.8 Å². The lowest BCUT2D eigenvalue weighted by molar-refractivity contribution is -0.120. The van der Waals surface area contributed by atoms with Gasteiger partial charge in [-0.15, -0.1) is 0 Å². The van der Waals surface area contributed by atoms with Gasteiger partial charge in [-0.05, 0) is 38.9 Å². The Morgan fingerprint density at radius 1 is 1.26 bits per heavy atom. The Labute approximate surface area is 163 Å². The zero-order valence-electron chi connectivity index (χ0n) is 17.3. The van der Waals surface area contributed by atoms with E-state index in [4.69, 9.17) is 0 Å². The lowest BCUT2D eigenvalue weighted by Crippen LogP contribution is -2.55. The van der Waals surface area contributed by atoms with Crippen molar-refractivity contribution in [2.45, 2.75) is 33.1 Å². The summed E-state index contributed by atoms with van der Waals surface area (Å²) in [5.41, 5.74) is 0.858. The highest BCUT2D eigenvalue weighted by atomic mass is 16.2. The minimum Gasteiger partial charge on any atom is -0.356 e. The average Bonchev–Trinajstić information content (AvgIpc) is 3.08. The van der Waals surface area contributed by atoms with Crippen LogP contribution in [-0.4, -0.2) is 84.3 Å². The van der Waals surface area contributed by atoms with E-state index in [9.17, 15) is 4.79 Å². The van der Waals surface area contributed by atoms with E-state index in [1.165, 1.54) is 12.8 Å². The fraction of sp³-hybridized carbons (Fsp3) is 0.737. The zero-order valence-corrected chi connectivity index (χ0v) is 17.3. The maximum absolute atomic E-state index is 12.6. The highest BCUT2D eigenvalue weighted by Gasteiger charge is 2.27. The molecule has 0 aliphatic carbocycles. The molecule has 1 aromatic rings. The number of aromatic nitrogens is 2. The van der Waals surface area contributed by atoms with Crippen LogP contribution in [0.1, 0.15) is 33.1 Å². The number of carbonyl (C=O) groups excluding carboxylic acids is 1. The Bertz CT molecular complexity index is 607. The molecule has 1 fully saturated rings. The Balaban J connectivity index is 1.78. The lowest BCUT2D eigenvalue weighted by Gasteiger charge is -2.35. The first-order valence-corrected chi connectivity index (χ1v) is 10.1. The molecule has 2 rings (SSSR count). The number of carbonyl (C=O) groups is 1. The summed E-state index contributed by atoms with van der Waals surface area (Å²) >= 11 is 0. The number of nitrogens with zero attached hydrogens (tertiary/aromatic N) is 6. The number of amides is 1. The van der Waals surface area contributed by atoms with Gasteiger partial charge in [-0.3, -0.25) is 14.5 Å². The largest absolute Gasteiger partial charge is 0.356 e. The van der Waals surface area contributed by atoms with Gasteiger partial charge in [0.25, 0.3) is 0 Å². The van der Waals surface area contributed by atoms with Crippen molar-refractivity contribution < 1.29 is 4.79 Å². The summed E-state index contributed by atoms with van der Waals surface area (Å²) in [5, 5.41) is 7.58. The van der Waals surface area contributed by atoms with Crippen LogP contribution in [0.15, 0.2) is 17.4 Å². The first-order valence-electron chi connectivity index (χ1n) is 10.1. The highest BCUT2D eigenvalue weighted by Crippen LogP contribution is 2.16. The number of guanidine groups is 1. The normalized spacial score (nSPS) is 15.7. The lowest BCUT2D eigenvalue weighted by atomic mass is 10.3. The molecule has 1 N–H and O–H groups in total. The van der Waals surface area contributed by atoms with Crippen molar-refractivity contribution in [3.63, 3.8) is 0 Å². The van der Waals surface area contributed by atoms with E-state index in [1.54, 1.807) is 22.8 Å². The smallest absolute Gasteiger partial charge is 0.246 e. The molecule has 0 saturated carbocycles. The molecule has 8 nitrogen and oxygen atoms in total. The molecule has 152 valence electrons. The number of hydrogen-bond acceptors (Lipinski definition) is 4. The van der Waals surface area contributed by atoms with Crippen molar-refractivity contribution in [1.82, 2.24) is 24.9 Å². The van der Waals surface area contributed by atoms with Crippen LogP contribution < -0.4 is 10.2 Å².